The van der Waals surface area contributed by atoms with Crippen LogP contribution in [-0.4, -0.2) is 60.2 Å². The first-order chi connectivity index (χ1) is 14.0. The lowest BCUT2D eigenvalue weighted by molar-refractivity contribution is -0.134. The molecule has 8 heteroatoms. The van der Waals surface area contributed by atoms with Crippen molar-refractivity contribution in [2.75, 3.05) is 32.8 Å². The van der Waals surface area contributed by atoms with E-state index >= 15 is 0 Å². The molecule has 0 radical (unpaired) electrons. The van der Waals surface area contributed by atoms with Crippen molar-refractivity contribution >= 4 is 17.6 Å². The van der Waals surface area contributed by atoms with Crippen LogP contribution in [0.25, 0.3) is 0 Å². The summed E-state index contributed by atoms with van der Waals surface area (Å²) in [5.74, 6) is -0.710. The molecule has 1 aliphatic heterocycles. The fourth-order valence-corrected chi connectivity index (χ4v) is 3.89. The number of rotatable bonds is 4. The summed E-state index contributed by atoms with van der Waals surface area (Å²) in [4.78, 5) is 40.2. The molecule has 2 amide bonds. The summed E-state index contributed by atoms with van der Waals surface area (Å²) in [6.45, 7) is 3.11. The summed E-state index contributed by atoms with van der Waals surface area (Å²) in [6, 6.07) is 5.93. The summed E-state index contributed by atoms with van der Waals surface area (Å²) < 4.78 is 24.8. The molecule has 4 rings (SSSR count). The van der Waals surface area contributed by atoms with Gasteiger partial charge >= 0.3 is 0 Å². The molecule has 0 saturated carbocycles. The van der Waals surface area contributed by atoms with Gasteiger partial charge < -0.3 is 19.0 Å². The maximum atomic E-state index is 14.1. The van der Waals surface area contributed by atoms with Gasteiger partial charge in [-0.05, 0) is 30.2 Å². The maximum Gasteiger partial charge on any atom is 0.289 e. The molecule has 0 spiro atoms. The van der Waals surface area contributed by atoms with Crippen molar-refractivity contribution < 1.29 is 27.9 Å². The molecular formula is C21H21FN2O5. The van der Waals surface area contributed by atoms with E-state index in [-0.39, 0.29) is 53.6 Å². The Morgan fingerprint density at radius 3 is 2.59 bits per heavy atom. The van der Waals surface area contributed by atoms with E-state index in [0.29, 0.717) is 31.7 Å². The summed E-state index contributed by atoms with van der Waals surface area (Å²) in [5.41, 5.74) is 0.615. The van der Waals surface area contributed by atoms with Crippen molar-refractivity contribution in [3.05, 3.63) is 53.2 Å². The van der Waals surface area contributed by atoms with Crippen molar-refractivity contribution in [1.29, 1.82) is 0 Å². The van der Waals surface area contributed by atoms with Gasteiger partial charge in [-0.2, -0.15) is 0 Å². The predicted octanol–water partition coefficient (Wildman–Crippen LogP) is 2.47. The van der Waals surface area contributed by atoms with Crippen molar-refractivity contribution in [2.45, 2.75) is 19.3 Å². The molecule has 1 saturated heterocycles. The second kappa shape index (κ2) is 7.69. The molecule has 0 bridgehead atoms. The van der Waals surface area contributed by atoms with Crippen molar-refractivity contribution in [1.82, 2.24) is 9.80 Å². The molecular weight excluding hydrogens is 379 g/mol. The molecule has 0 N–H and O–H groups in total. The number of piperazine rings is 1. The van der Waals surface area contributed by atoms with Crippen LogP contribution in [0, 0.1) is 5.82 Å². The Morgan fingerprint density at radius 1 is 1.17 bits per heavy atom. The van der Waals surface area contributed by atoms with E-state index < -0.39 is 5.82 Å². The minimum atomic E-state index is -0.422. The lowest BCUT2D eigenvalue weighted by Crippen LogP contribution is -2.51. The fraction of sp³-hybridized carbons (Fsp3) is 0.381. The van der Waals surface area contributed by atoms with Gasteiger partial charge in [-0.15, -0.1) is 0 Å². The molecule has 1 aromatic carbocycles. The number of amides is 2. The van der Waals surface area contributed by atoms with E-state index in [2.05, 4.69) is 0 Å². The van der Waals surface area contributed by atoms with Crippen LogP contribution in [0.2, 0.25) is 0 Å². The van der Waals surface area contributed by atoms with E-state index in [0.717, 1.165) is 0 Å². The number of nitrogens with zero attached hydrogens (tertiary/aromatic N) is 2. The Hall–Kier alpha value is -3.16. The van der Waals surface area contributed by atoms with Gasteiger partial charge in [-0.25, -0.2) is 4.39 Å². The van der Waals surface area contributed by atoms with Crippen LogP contribution in [0.15, 0.2) is 34.9 Å². The molecule has 1 fully saturated rings. The van der Waals surface area contributed by atoms with Crippen LogP contribution in [-0.2, 0) is 4.79 Å². The quantitative estimate of drug-likeness (QED) is 0.788. The number of fused-ring (bicyclic) bond motifs is 1. The van der Waals surface area contributed by atoms with Gasteiger partial charge in [0.1, 0.15) is 11.6 Å². The van der Waals surface area contributed by atoms with Gasteiger partial charge in [0.25, 0.3) is 11.8 Å². The highest BCUT2D eigenvalue weighted by Crippen LogP contribution is 2.39. The SMILES string of the molecule is C[C@@H]1CC(=O)c2c(OCC(=O)N3CCN(C(=O)c4ccco4)CC3)ccc(F)c21. The number of carbonyl (C=O) groups excluding carboxylic acids is 3. The Balaban J connectivity index is 1.35. The second-order valence-electron chi connectivity index (χ2n) is 7.30. The molecule has 7 nitrogen and oxygen atoms in total. The molecule has 152 valence electrons. The maximum absolute atomic E-state index is 14.1. The minimum Gasteiger partial charge on any atom is -0.483 e. The summed E-state index contributed by atoms with van der Waals surface area (Å²) in [5, 5.41) is 0. The topological polar surface area (TPSA) is 80.1 Å². The number of benzene rings is 1. The van der Waals surface area contributed by atoms with Crippen LogP contribution in [0.1, 0.15) is 45.7 Å². The monoisotopic (exact) mass is 400 g/mol. The summed E-state index contributed by atoms with van der Waals surface area (Å²) in [7, 11) is 0. The third-order valence-electron chi connectivity index (χ3n) is 5.42. The van der Waals surface area contributed by atoms with Crippen molar-refractivity contribution in [2.24, 2.45) is 0 Å². The predicted molar refractivity (Wildman–Crippen MR) is 100 cm³/mol. The van der Waals surface area contributed by atoms with Gasteiger partial charge in [-0.3, -0.25) is 14.4 Å². The van der Waals surface area contributed by atoms with E-state index in [1.54, 1.807) is 28.9 Å². The number of ketones is 1. The molecule has 1 aromatic heterocycles. The fourth-order valence-electron chi connectivity index (χ4n) is 3.89. The number of hydrogen-bond donors (Lipinski definition) is 0. The highest BCUT2D eigenvalue weighted by molar-refractivity contribution is 6.03. The average molecular weight is 400 g/mol. The third kappa shape index (κ3) is 3.62. The van der Waals surface area contributed by atoms with Gasteiger partial charge in [0.2, 0.25) is 0 Å². The normalized spacial score (nSPS) is 18.7. The van der Waals surface area contributed by atoms with Crippen LogP contribution >= 0.6 is 0 Å². The zero-order chi connectivity index (χ0) is 20.5. The number of ether oxygens (including phenoxy) is 1. The molecule has 0 unspecified atom stereocenters. The number of furan rings is 1. The highest BCUT2D eigenvalue weighted by atomic mass is 19.1. The summed E-state index contributed by atoms with van der Waals surface area (Å²) >= 11 is 0. The van der Waals surface area contributed by atoms with Crippen LogP contribution in [0.3, 0.4) is 0 Å². The molecule has 2 aliphatic rings. The number of Topliss-reactive ketones (excluding diaryl/α,β-unsaturated/α-hetero) is 1. The Labute approximate surface area is 167 Å². The molecule has 2 heterocycles. The standard InChI is InChI=1S/C21H21FN2O5/c1-13-11-15(25)20-16(5-4-14(22)19(13)20)29-12-18(26)23-6-8-24(9-7-23)21(27)17-3-2-10-28-17/h2-5,10,13H,6-9,11-12H2,1H3/t13-/m1/s1. The molecule has 2 aromatic rings. The van der Waals surface area contributed by atoms with Gasteiger partial charge in [-0.1, -0.05) is 6.92 Å². The molecule has 1 atom stereocenters. The van der Waals surface area contributed by atoms with Gasteiger partial charge in [0, 0.05) is 38.2 Å². The lowest BCUT2D eigenvalue weighted by atomic mass is 10.0. The van der Waals surface area contributed by atoms with E-state index in [1.165, 1.54) is 18.4 Å². The number of carbonyl (C=O) groups is 3. The lowest BCUT2D eigenvalue weighted by Gasteiger charge is -2.34. The first-order valence-electron chi connectivity index (χ1n) is 9.54. The largest absolute Gasteiger partial charge is 0.483 e. The second-order valence-corrected chi connectivity index (χ2v) is 7.30. The molecule has 29 heavy (non-hydrogen) atoms. The zero-order valence-corrected chi connectivity index (χ0v) is 16.0. The average Bonchev–Trinajstić information content (AvgIpc) is 3.36. The number of hydrogen-bond acceptors (Lipinski definition) is 5. The minimum absolute atomic E-state index is 0.167. The van der Waals surface area contributed by atoms with E-state index in [4.69, 9.17) is 9.15 Å². The van der Waals surface area contributed by atoms with Crippen LogP contribution in [0.5, 0.6) is 5.75 Å². The van der Waals surface area contributed by atoms with Crippen LogP contribution < -0.4 is 4.74 Å². The van der Waals surface area contributed by atoms with Crippen LogP contribution in [0.4, 0.5) is 4.39 Å². The highest BCUT2D eigenvalue weighted by Gasteiger charge is 2.33. The Bertz CT molecular complexity index is 948. The van der Waals surface area contributed by atoms with Crippen molar-refractivity contribution in [3.63, 3.8) is 0 Å². The smallest absolute Gasteiger partial charge is 0.289 e. The number of halogens is 1. The first kappa shape index (κ1) is 19.2. The van der Waals surface area contributed by atoms with Crippen molar-refractivity contribution in [3.8, 4) is 5.75 Å². The van der Waals surface area contributed by atoms with Gasteiger partial charge in [0.05, 0.1) is 11.8 Å². The first-order valence-corrected chi connectivity index (χ1v) is 9.54. The Kier molecular flexibility index (Phi) is 5.08. The van der Waals surface area contributed by atoms with Gasteiger partial charge in [0.15, 0.2) is 18.2 Å². The summed E-state index contributed by atoms with van der Waals surface area (Å²) in [6.07, 6.45) is 1.69. The van der Waals surface area contributed by atoms with E-state index in [1.807, 2.05) is 0 Å². The zero-order valence-electron chi connectivity index (χ0n) is 16.0. The Morgan fingerprint density at radius 2 is 1.90 bits per heavy atom. The van der Waals surface area contributed by atoms with E-state index in [9.17, 15) is 18.8 Å². The molecule has 1 aliphatic carbocycles. The third-order valence-corrected chi connectivity index (χ3v) is 5.42.